The van der Waals surface area contributed by atoms with E-state index in [1.54, 1.807) is 13.1 Å². The first kappa shape index (κ1) is 13.4. The summed E-state index contributed by atoms with van der Waals surface area (Å²) in [5.74, 6) is 0. The second-order valence-electron chi connectivity index (χ2n) is 4.06. The van der Waals surface area contributed by atoms with E-state index < -0.39 is 6.10 Å². The molecule has 1 atom stereocenters. The van der Waals surface area contributed by atoms with Gasteiger partial charge in [0, 0.05) is 19.8 Å². The molecule has 0 bridgehead atoms. The van der Waals surface area contributed by atoms with E-state index in [4.69, 9.17) is 4.74 Å². The molecule has 0 saturated heterocycles. The Balaban J connectivity index is 2.43. The first-order valence-corrected chi connectivity index (χ1v) is 6.29. The Labute approximate surface area is 101 Å². The summed E-state index contributed by atoms with van der Waals surface area (Å²) in [5, 5.41) is 10.3. The third-order valence-corrected chi connectivity index (χ3v) is 3.41. The molecule has 1 aromatic rings. The average Bonchev–Trinajstić information content (AvgIpc) is 2.65. The molecule has 0 aliphatic heterocycles. The van der Waals surface area contributed by atoms with Crippen LogP contribution in [0, 0.1) is 0 Å². The van der Waals surface area contributed by atoms with E-state index in [-0.39, 0.29) is 6.10 Å². The van der Waals surface area contributed by atoms with E-state index in [0.29, 0.717) is 6.61 Å². The second-order valence-corrected chi connectivity index (χ2v) is 5.10. The number of nitrogens with zero attached hydrogens (tertiary/aromatic N) is 2. The molecule has 92 valence electrons. The van der Waals surface area contributed by atoms with E-state index in [0.717, 1.165) is 16.6 Å². The van der Waals surface area contributed by atoms with Gasteiger partial charge in [-0.1, -0.05) is 11.3 Å². The molecule has 1 unspecified atom stereocenters. The first-order valence-electron chi connectivity index (χ1n) is 5.47. The number of aliphatic hydroxyl groups excluding tert-OH is 1. The zero-order chi connectivity index (χ0) is 12.1. The SMILES string of the molecule is CC(C)OCCN(C)c1ncc(C(C)O)s1. The van der Waals surface area contributed by atoms with Gasteiger partial charge in [0.1, 0.15) is 0 Å². The van der Waals surface area contributed by atoms with Crippen LogP contribution < -0.4 is 4.90 Å². The van der Waals surface area contributed by atoms with Gasteiger partial charge in [0.15, 0.2) is 5.13 Å². The van der Waals surface area contributed by atoms with Crippen LogP contribution in [-0.4, -0.2) is 36.4 Å². The molecule has 1 heterocycles. The Morgan fingerprint density at radius 2 is 2.19 bits per heavy atom. The topological polar surface area (TPSA) is 45.6 Å². The van der Waals surface area contributed by atoms with Gasteiger partial charge in [-0.2, -0.15) is 0 Å². The van der Waals surface area contributed by atoms with Crippen LogP contribution in [0.4, 0.5) is 5.13 Å². The summed E-state index contributed by atoms with van der Waals surface area (Å²) in [6.07, 6.45) is 1.55. The molecule has 1 N–H and O–H groups in total. The van der Waals surface area contributed by atoms with E-state index in [2.05, 4.69) is 4.98 Å². The van der Waals surface area contributed by atoms with Crippen molar-refractivity contribution >= 4 is 16.5 Å². The van der Waals surface area contributed by atoms with Crippen molar-refractivity contribution in [3.8, 4) is 0 Å². The van der Waals surface area contributed by atoms with Gasteiger partial charge >= 0.3 is 0 Å². The summed E-state index contributed by atoms with van der Waals surface area (Å²) in [6, 6.07) is 0. The molecule has 4 nitrogen and oxygen atoms in total. The van der Waals surface area contributed by atoms with Crippen LogP contribution in [0.15, 0.2) is 6.20 Å². The number of rotatable bonds is 6. The maximum atomic E-state index is 9.39. The molecule has 16 heavy (non-hydrogen) atoms. The van der Waals surface area contributed by atoms with Crippen molar-refractivity contribution in [2.24, 2.45) is 0 Å². The van der Waals surface area contributed by atoms with Crippen LogP contribution >= 0.6 is 11.3 Å². The maximum absolute atomic E-state index is 9.39. The lowest BCUT2D eigenvalue weighted by Crippen LogP contribution is -2.23. The molecule has 0 radical (unpaired) electrons. The lowest BCUT2D eigenvalue weighted by Gasteiger charge is -2.16. The van der Waals surface area contributed by atoms with Gasteiger partial charge in [-0.05, 0) is 20.8 Å². The minimum absolute atomic E-state index is 0.262. The normalized spacial score (nSPS) is 13.1. The van der Waals surface area contributed by atoms with E-state index in [1.165, 1.54) is 11.3 Å². The Morgan fingerprint density at radius 3 is 2.69 bits per heavy atom. The standard InChI is InChI=1S/C11H20N2O2S/c1-8(2)15-6-5-13(4)11-12-7-10(16-11)9(3)14/h7-9,14H,5-6H2,1-4H3. The quantitative estimate of drug-likeness (QED) is 0.832. The van der Waals surface area contributed by atoms with Crippen LogP contribution in [0.2, 0.25) is 0 Å². The predicted molar refractivity (Wildman–Crippen MR) is 67.1 cm³/mol. The fourth-order valence-electron chi connectivity index (χ4n) is 1.17. The number of ether oxygens (including phenoxy) is 1. The number of likely N-dealkylation sites (N-methyl/N-ethyl adjacent to an activating group) is 1. The largest absolute Gasteiger partial charge is 0.388 e. The minimum Gasteiger partial charge on any atom is -0.388 e. The zero-order valence-corrected chi connectivity index (χ0v) is 11.1. The van der Waals surface area contributed by atoms with Crippen LogP contribution in [0.25, 0.3) is 0 Å². The van der Waals surface area contributed by atoms with E-state index >= 15 is 0 Å². The summed E-state index contributed by atoms with van der Waals surface area (Å²) in [7, 11) is 1.98. The molecule has 1 rings (SSSR count). The Bertz CT molecular complexity index is 313. The summed E-state index contributed by atoms with van der Waals surface area (Å²) in [6.45, 7) is 7.30. The lowest BCUT2D eigenvalue weighted by molar-refractivity contribution is 0.0846. The van der Waals surface area contributed by atoms with Crippen molar-refractivity contribution in [3.63, 3.8) is 0 Å². The molecule has 0 spiro atoms. The summed E-state index contributed by atoms with van der Waals surface area (Å²) < 4.78 is 5.47. The number of thiazole rings is 1. The molecule has 1 aromatic heterocycles. The van der Waals surface area contributed by atoms with E-state index in [1.807, 2.05) is 25.8 Å². The number of aliphatic hydroxyl groups is 1. The van der Waals surface area contributed by atoms with Crippen molar-refractivity contribution in [2.75, 3.05) is 25.1 Å². The Hall–Kier alpha value is -0.650. The molecule has 0 amide bonds. The third-order valence-electron chi connectivity index (χ3n) is 2.13. The van der Waals surface area contributed by atoms with Gasteiger partial charge in [0.25, 0.3) is 0 Å². The highest BCUT2D eigenvalue weighted by atomic mass is 32.1. The Morgan fingerprint density at radius 1 is 1.50 bits per heavy atom. The van der Waals surface area contributed by atoms with E-state index in [9.17, 15) is 5.11 Å². The van der Waals surface area contributed by atoms with Crippen molar-refractivity contribution in [1.29, 1.82) is 0 Å². The van der Waals surface area contributed by atoms with Crippen LogP contribution in [0.3, 0.4) is 0 Å². The fraction of sp³-hybridized carbons (Fsp3) is 0.727. The molecule has 0 saturated carbocycles. The van der Waals surface area contributed by atoms with Gasteiger partial charge < -0.3 is 14.7 Å². The third kappa shape index (κ3) is 4.08. The number of hydrogen-bond donors (Lipinski definition) is 1. The van der Waals surface area contributed by atoms with Crippen LogP contribution in [0.5, 0.6) is 0 Å². The first-order chi connectivity index (χ1) is 7.50. The number of aromatic nitrogens is 1. The molecule has 0 aliphatic rings. The van der Waals surface area contributed by atoms with Gasteiger partial charge in [-0.25, -0.2) is 4.98 Å². The molecular weight excluding hydrogens is 224 g/mol. The van der Waals surface area contributed by atoms with Crippen molar-refractivity contribution in [3.05, 3.63) is 11.1 Å². The van der Waals surface area contributed by atoms with Gasteiger partial charge in [-0.3, -0.25) is 0 Å². The average molecular weight is 244 g/mol. The highest BCUT2D eigenvalue weighted by Crippen LogP contribution is 2.25. The smallest absolute Gasteiger partial charge is 0.185 e. The van der Waals surface area contributed by atoms with Crippen molar-refractivity contribution in [2.45, 2.75) is 33.0 Å². The maximum Gasteiger partial charge on any atom is 0.185 e. The molecule has 5 heteroatoms. The van der Waals surface area contributed by atoms with Gasteiger partial charge in [-0.15, -0.1) is 0 Å². The van der Waals surface area contributed by atoms with Crippen LogP contribution in [-0.2, 0) is 4.74 Å². The lowest BCUT2D eigenvalue weighted by atomic mass is 10.4. The predicted octanol–water partition coefficient (Wildman–Crippen LogP) is 2.06. The summed E-state index contributed by atoms with van der Waals surface area (Å²) in [5.41, 5.74) is 0. The molecule has 0 aromatic carbocycles. The molecule has 0 fully saturated rings. The molecular formula is C11H20N2O2S. The van der Waals surface area contributed by atoms with Gasteiger partial charge in [0.05, 0.1) is 23.7 Å². The summed E-state index contributed by atoms with van der Waals surface area (Å²) in [4.78, 5) is 7.20. The second kappa shape index (κ2) is 6.18. The zero-order valence-electron chi connectivity index (χ0n) is 10.3. The highest BCUT2D eigenvalue weighted by molar-refractivity contribution is 7.15. The molecule has 0 aliphatic carbocycles. The van der Waals surface area contributed by atoms with Crippen molar-refractivity contribution < 1.29 is 9.84 Å². The summed E-state index contributed by atoms with van der Waals surface area (Å²) >= 11 is 1.52. The minimum atomic E-state index is -0.438. The Kier molecular flexibility index (Phi) is 5.18. The fourth-order valence-corrected chi connectivity index (χ4v) is 2.01. The van der Waals surface area contributed by atoms with Crippen molar-refractivity contribution in [1.82, 2.24) is 4.98 Å². The number of anilines is 1. The highest BCUT2D eigenvalue weighted by Gasteiger charge is 2.10. The monoisotopic (exact) mass is 244 g/mol. The van der Waals surface area contributed by atoms with Crippen LogP contribution in [0.1, 0.15) is 31.8 Å². The van der Waals surface area contributed by atoms with Gasteiger partial charge in [0.2, 0.25) is 0 Å². The number of hydrogen-bond acceptors (Lipinski definition) is 5.